The Labute approximate surface area is 109 Å². The van der Waals surface area contributed by atoms with Crippen LogP contribution < -0.4 is 5.19 Å². The highest BCUT2D eigenvalue weighted by atomic mass is 28.3. The highest BCUT2D eigenvalue weighted by Crippen LogP contribution is 2.10. The maximum Gasteiger partial charge on any atom is 0.123 e. The molecular formula is C16H17FSi. The first-order valence-electron chi connectivity index (χ1n) is 6.08. The van der Waals surface area contributed by atoms with E-state index in [1.807, 2.05) is 6.07 Å². The summed E-state index contributed by atoms with van der Waals surface area (Å²) < 4.78 is 12.8. The molecule has 0 nitrogen and oxygen atoms in total. The second kappa shape index (κ2) is 5.32. The average Bonchev–Trinajstić information content (AvgIpc) is 2.39. The van der Waals surface area contributed by atoms with Gasteiger partial charge in [0.1, 0.15) is 13.9 Å². The zero-order valence-corrected chi connectivity index (χ0v) is 11.7. The summed E-state index contributed by atoms with van der Waals surface area (Å²) in [5.74, 6) is -0.188. The van der Waals surface area contributed by atoms with E-state index in [-0.39, 0.29) is 5.82 Å². The first-order chi connectivity index (χ1) is 8.58. The van der Waals surface area contributed by atoms with Crippen LogP contribution in [0.5, 0.6) is 0 Å². The van der Waals surface area contributed by atoms with Crippen LogP contribution in [-0.2, 0) is 0 Å². The highest BCUT2D eigenvalue weighted by Gasteiger charge is 2.18. The Balaban J connectivity index is 2.20. The second-order valence-corrected chi connectivity index (χ2v) is 9.33. The summed E-state index contributed by atoms with van der Waals surface area (Å²) in [6.07, 6.45) is 2.10. The maximum absolute atomic E-state index is 12.8. The Morgan fingerprint density at radius 3 is 2.11 bits per heavy atom. The third-order valence-electron chi connectivity index (χ3n) is 3.08. The molecule has 2 rings (SSSR count). The molecule has 0 atom stereocenters. The van der Waals surface area contributed by atoms with Gasteiger partial charge in [0, 0.05) is 0 Å². The molecule has 0 fully saturated rings. The monoisotopic (exact) mass is 256 g/mol. The van der Waals surface area contributed by atoms with Crippen molar-refractivity contribution >= 4 is 19.3 Å². The van der Waals surface area contributed by atoms with Crippen LogP contribution in [0.15, 0.2) is 60.3 Å². The van der Waals surface area contributed by atoms with Crippen molar-refractivity contribution in [1.29, 1.82) is 0 Å². The maximum atomic E-state index is 12.8. The molecule has 2 heteroatoms. The summed E-state index contributed by atoms with van der Waals surface area (Å²) >= 11 is 0. The molecule has 0 aliphatic rings. The molecule has 0 heterocycles. The van der Waals surface area contributed by atoms with E-state index in [9.17, 15) is 4.39 Å². The van der Waals surface area contributed by atoms with Crippen molar-refractivity contribution in [3.63, 3.8) is 0 Å². The molecule has 0 radical (unpaired) electrons. The molecule has 0 aromatic heterocycles. The van der Waals surface area contributed by atoms with Crippen LogP contribution in [-0.4, -0.2) is 8.07 Å². The minimum atomic E-state index is -1.55. The number of halogens is 1. The topological polar surface area (TPSA) is 0 Å². The fourth-order valence-corrected chi connectivity index (χ4v) is 3.70. The lowest BCUT2D eigenvalue weighted by Gasteiger charge is -2.18. The molecule has 0 spiro atoms. The number of benzene rings is 2. The highest BCUT2D eigenvalue weighted by molar-refractivity contribution is 6.94. The first-order valence-corrected chi connectivity index (χ1v) is 9.16. The van der Waals surface area contributed by atoms with E-state index in [4.69, 9.17) is 0 Å². The average molecular weight is 256 g/mol. The van der Waals surface area contributed by atoms with Crippen LogP contribution in [0.2, 0.25) is 13.1 Å². The van der Waals surface area contributed by atoms with Crippen LogP contribution in [0.4, 0.5) is 4.39 Å². The zero-order valence-electron chi connectivity index (χ0n) is 10.7. The molecular weight excluding hydrogens is 239 g/mol. The summed E-state index contributed by atoms with van der Waals surface area (Å²) in [4.78, 5) is 0. The molecule has 0 saturated carbocycles. The largest absolute Gasteiger partial charge is 0.207 e. The molecule has 0 bridgehead atoms. The predicted molar refractivity (Wildman–Crippen MR) is 79.0 cm³/mol. The lowest BCUT2D eigenvalue weighted by Crippen LogP contribution is -2.39. The molecule has 0 unspecified atom stereocenters. The van der Waals surface area contributed by atoms with Gasteiger partial charge in [-0.15, -0.1) is 0 Å². The van der Waals surface area contributed by atoms with Crippen molar-refractivity contribution in [1.82, 2.24) is 0 Å². The van der Waals surface area contributed by atoms with E-state index in [1.165, 1.54) is 17.3 Å². The van der Waals surface area contributed by atoms with Crippen LogP contribution >= 0.6 is 0 Å². The van der Waals surface area contributed by atoms with Crippen LogP contribution in [0.25, 0.3) is 6.08 Å². The molecule has 0 aliphatic heterocycles. The number of hydrogen-bond donors (Lipinski definition) is 0. The fraction of sp³-hybridized carbons (Fsp3) is 0.125. The Morgan fingerprint density at radius 2 is 1.50 bits per heavy atom. The van der Waals surface area contributed by atoms with Gasteiger partial charge in [0.15, 0.2) is 0 Å². The molecule has 0 amide bonds. The van der Waals surface area contributed by atoms with Gasteiger partial charge in [-0.25, -0.2) is 4.39 Å². The lowest BCUT2D eigenvalue weighted by atomic mass is 10.2. The lowest BCUT2D eigenvalue weighted by molar-refractivity contribution is 0.628. The molecule has 2 aromatic rings. The third kappa shape index (κ3) is 3.17. The summed E-state index contributed by atoms with van der Waals surface area (Å²) in [5.41, 5.74) is 3.34. The molecule has 2 aromatic carbocycles. The van der Waals surface area contributed by atoms with Crippen LogP contribution in [0.3, 0.4) is 0 Å². The first kappa shape index (κ1) is 12.8. The summed E-state index contributed by atoms with van der Waals surface area (Å²) in [7, 11) is -1.55. The fourth-order valence-electron chi connectivity index (χ4n) is 1.84. The van der Waals surface area contributed by atoms with E-state index >= 15 is 0 Å². The molecule has 92 valence electrons. The van der Waals surface area contributed by atoms with Gasteiger partial charge in [0.25, 0.3) is 0 Å². The summed E-state index contributed by atoms with van der Waals surface area (Å²) in [6.45, 7) is 4.62. The second-order valence-electron chi connectivity index (χ2n) is 4.97. The van der Waals surface area contributed by atoms with Crippen LogP contribution in [0.1, 0.15) is 5.56 Å². The van der Waals surface area contributed by atoms with Gasteiger partial charge in [-0.1, -0.05) is 72.5 Å². The van der Waals surface area contributed by atoms with Gasteiger partial charge in [0.2, 0.25) is 0 Å². The van der Waals surface area contributed by atoms with Gasteiger partial charge < -0.3 is 0 Å². The minimum absolute atomic E-state index is 0.188. The van der Waals surface area contributed by atoms with Gasteiger partial charge >= 0.3 is 0 Å². The SMILES string of the molecule is C[Si](C)(/C=C/c1ccc(F)cc1)c1ccccc1. The van der Waals surface area contributed by atoms with Crippen molar-refractivity contribution in [2.24, 2.45) is 0 Å². The van der Waals surface area contributed by atoms with Gasteiger partial charge in [-0.2, -0.15) is 0 Å². The smallest absolute Gasteiger partial charge is 0.123 e. The van der Waals surface area contributed by atoms with E-state index in [2.05, 4.69) is 49.1 Å². The molecule has 0 N–H and O–H groups in total. The Hall–Kier alpha value is -1.67. The quantitative estimate of drug-likeness (QED) is 0.728. The van der Waals surface area contributed by atoms with E-state index in [1.54, 1.807) is 12.1 Å². The minimum Gasteiger partial charge on any atom is -0.207 e. The van der Waals surface area contributed by atoms with E-state index in [0.717, 1.165) is 5.56 Å². The van der Waals surface area contributed by atoms with Crippen molar-refractivity contribution < 1.29 is 4.39 Å². The van der Waals surface area contributed by atoms with E-state index in [0.29, 0.717) is 0 Å². The van der Waals surface area contributed by atoms with Crippen molar-refractivity contribution in [3.8, 4) is 0 Å². The molecule has 0 saturated heterocycles. The van der Waals surface area contributed by atoms with Crippen LogP contribution in [0, 0.1) is 5.82 Å². The summed E-state index contributed by atoms with van der Waals surface area (Å²) in [6, 6.07) is 17.2. The number of rotatable bonds is 3. The van der Waals surface area contributed by atoms with Gasteiger partial charge in [-0.05, 0) is 17.7 Å². The standard InChI is InChI=1S/C16H17FSi/c1-18(2,16-6-4-3-5-7-16)13-12-14-8-10-15(17)11-9-14/h3-13H,1-2H3/b13-12+. The van der Waals surface area contributed by atoms with Gasteiger partial charge in [0.05, 0.1) is 0 Å². The molecule has 0 aliphatic carbocycles. The third-order valence-corrected chi connectivity index (χ3v) is 5.90. The Bertz CT molecular complexity index is 527. The van der Waals surface area contributed by atoms with Crippen molar-refractivity contribution in [3.05, 3.63) is 71.7 Å². The normalized spacial score (nSPS) is 11.9. The van der Waals surface area contributed by atoms with Gasteiger partial charge in [-0.3, -0.25) is 0 Å². The predicted octanol–water partition coefficient (Wildman–Crippen LogP) is 3.99. The summed E-state index contributed by atoms with van der Waals surface area (Å²) in [5, 5.41) is 1.41. The van der Waals surface area contributed by atoms with Crippen molar-refractivity contribution in [2.75, 3.05) is 0 Å². The zero-order chi connectivity index (χ0) is 13.0. The Kier molecular flexibility index (Phi) is 3.77. The number of hydrogen-bond acceptors (Lipinski definition) is 0. The van der Waals surface area contributed by atoms with E-state index < -0.39 is 8.07 Å². The molecule has 18 heavy (non-hydrogen) atoms. The Morgan fingerprint density at radius 1 is 0.889 bits per heavy atom. The van der Waals surface area contributed by atoms with Crippen molar-refractivity contribution in [2.45, 2.75) is 13.1 Å².